The summed E-state index contributed by atoms with van der Waals surface area (Å²) in [6.07, 6.45) is -4.75. The van der Waals surface area contributed by atoms with Gasteiger partial charge in [0.05, 0.1) is 12.8 Å². The van der Waals surface area contributed by atoms with E-state index in [9.17, 15) is 13.2 Å². The molecule has 0 saturated heterocycles. The normalized spacial score (nSPS) is 14.1. The summed E-state index contributed by atoms with van der Waals surface area (Å²) in [5.41, 5.74) is 10.9. The molecule has 19 heavy (non-hydrogen) atoms. The summed E-state index contributed by atoms with van der Waals surface area (Å²) >= 11 is 0. The monoisotopic (exact) mass is 278 g/mol. The van der Waals surface area contributed by atoms with Crippen LogP contribution in [0.2, 0.25) is 0 Å². The first-order valence-electron chi connectivity index (χ1n) is 5.56. The Bertz CT molecular complexity index is 442. The minimum atomic E-state index is -4.75. The molecule has 0 heterocycles. The smallest absolute Gasteiger partial charge is 0.496 e. The average molecular weight is 278 g/mol. The Kier molecular flexibility index (Phi) is 4.32. The number of methoxy groups -OCH3 is 1. The first-order valence-corrected chi connectivity index (χ1v) is 5.56. The van der Waals surface area contributed by atoms with Gasteiger partial charge in [0.2, 0.25) is 0 Å². The maximum Gasteiger partial charge on any atom is 0.573 e. The molecular formula is C12H17F3N2O2. The van der Waals surface area contributed by atoms with E-state index in [0.29, 0.717) is 11.3 Å². The molecule has 1 atom stereocenters. The third-order valence-corrected chi connectivity index (χ3v) is 2.83. The molecule has 0 spiro atoms. The fourth-order valence-corrected chi connectivity index (χ4v) is 1.58. The molecule has 108 valence electrons. The van der Waals surface area contributed by atoms with Crippen molar-refractivity contribution in [2.24, 2.45) is 11.5 Å². The lowest BCUT2D eigenvalue weighted by Gasteiger charge is -2.28. The van der Waals surface area contributed by atoms with E-state index in [2.05, 4.69) is 4.74 Å². The molecule has 0 radical (unpaired) electrons. The molecule has 0 aliphatic heterocycles. The Morgan fingerprint density at radius 3 is 2.21 bits per heavy atom. The summed E-state index contributed by atoms with van der Waals surface area (Å²) in [4.78, 5) is 0. The van der Waals surface area contributed by atoms with Crippen molar-refractivity contribution >= 4 is 0 Å². The highest BCUT2D eigenvalue weighted by Crippen LogP contribution is 2.35. The largest absolute Gasteiger partial charge is 0.573 e. The fourth-order valence-electron chi connectivity index (χ4n) is 1.58. The zero-order valence-corrected chi connectivity index (χ0v) is 10.9. The van der Waals surface area contributed by atoms with E-state index >= 15 is 0 Å². The van der Waals surface area contributed by atoms with Crippen molar-refractivity contribution in [2.75, 3.05) is 7.11 Å². The minimum Gasteiger partial charge on any atom is -0.496 e. The molecule has 0 saturated carbocycles. The zero-order valence-electron chi connectivity index (χ0n) is 10.9. The molecule has 0 aromatic heterocycles. The molecule has 4 N–H and O–H groups in total. The van der Waals surface area contributed by atoms with Gasteiger partial charge in [0, 0.05) is 11.5 Å². The fraction of sp³-hybridized carbons (Fsp3) is 0.500. The predicted molar refractivity (Wildman–Crippen MR) is 64.9 cm³/mol. The molecule has 1 unspecified atom stereocenters. The van der Waals surface area contributed by atoms with Crippen molar-refractivity contribution in [3.63, 3.8) is 0 Å². The first-order chi connectivity index (χ1) is 8.54. The van der Waals surface area contributed by atoms with Gasteiger partial charge in [-0.05, 0) is 25.1 Å². The van der Waals surface area contributed by atoms with E-state index in [-0.39, 0.29) is 5.75 Å². The van der Waals surface area contributed by atoms with E-state index in [0.717, 1.165) is 0 Å². The molecule has 1 rings (SSSR count). The number of benzene rings is 1. The van der Waals surface area contributed by atoms with Crippen LogP contribution in [-0.4, -0.2) is 19.1 Å². The van der Waals surface area contributed by atoms with Crippen LogP contribution in [0, 0.1) is 0 Å². The molecule has 1 aromatic rings. The second-order valence-electron chi connectivity index (χ2n) is 4.54. The highest BCUT2D eigenvalue weighted by Gasteiger charge is 2.32. The molecule has 0 amide bonds. The number of hydrogen-bond acceptors (Lipinski definition) is 4. The van der Waals surface area contributed by atoms with Gasteiger partial charge in [-0.1, -0.05) is 6.92 Å². The molecule has 1 aromatic carbocycles. The maximum absolute atomic E-state index is 12.2. The van der Waals surface area contributed by atoms with E-state index in [1.165, 1.54) is 25.3 Å². The van der Waals surface area contributed by atoms with Crippen LogP contribution in [0.3, 0.4) is 0 Å². The Hall–Kier alpha value is -1.47. The van der Waals surface area contributed by atoms with Gasteiger partial charge in [0.15, 0.2) is 0 Å². The summed E-state index contributed by atoms with van der Waals surface area (Å²) in [5.74, 6) is -0.345. The summed E-state index contributed by atoms with van der Waals surface area (Å²) < 4.78 is 45.5. The molecule has 0 aliphatic carbocycles. The topological polar surface area (TPSA) is 70.5 Å². The number of hydrogen-bond donors (Lipinski definition) is 2. The number of rotatable bonds is 4. The Morgan fingerprint density at radius 1 is 1.21 bits per heavy atom. The van der Waals surface area contributed by atoms with Gasteiger partial charge in [-0.3, -0.25) is 0 Å². The van der Waals surface area contributed by atoms with Crippen LogP contribution in [0.1, 0.15) is 25.3 Å². The Morgan fingerprint density at radius 2 is 1.79 bits per heavy atom. The number of alkyl halides is 3. The van der Waals surface area contributed by atoms with Gasteiger partial charge in [-0.25, -0.2) is 0 Å². The van der Waals surface area contributed by atoms with Crippen molar-refractivity contribution in [1.29, 1.82) is 0 Å². The van der Waals surface area contributed by atoms with E-state index in [1.54, 1.807) is 13.8 Å². The van der Waals surface area contributed by atoms with Gasteiger partial charge in [-0.15, -0.1) is 13.2 Å². The van der Waals surface area contributed by atoms with E-state index < -0.39 is 17.9 Å². The Balaban J connectivity index is 3.17. The highest BCUT2D eigenvalue weighted by molar-refractivity contribution is 5.43. The third-order valence-electron chi connectivity index (χ3n) is 2.83. The lowest BCUT2D eigenvalue weighted by atomic mass is 9.89. The van der Waals surface area contributed by atoms with Crippen LogP contribution in [0.15, 0.2) is 18.2 Å². The quantitative estimate of drug-likeness (QED) is 0.829. The second-order valence-corrected chi connectivity index (χ2v) is 4.54. The molecular weight excluding hydrogens is 261 g/mol. The SMILES string of the molecule is COc1ccc(OC(F)(F)F)cc1C(C)C(C)(N)N. The minimum absolute atomic E-state index is 0.334. The lowest BCUT2D eigenvalue weighted by molar-refractivity contribution is -0.274. The lowest BCUT2D eigenvalue weighted by Crippen LogP contribution is -2.50. The standard InChI is InChI=1S/C12H17F3N2O2/c1-7(11(2,16)17)9-6-8(19-12(13,14)15)4-5-10(9)18-3/h4-7H,16-17H2,1-3H3. The third kappa shape index (κ3) is 4.29. The Labute approximate surface area is 109 Å². The van der Waals surface area contributed by atoms with Gasteiger partial charge in [0.1, 0.15) is 11.5 Å². The van der Waals surface area contributed by atoms with Crippen LogP contribution in [-0.2, 0) is 0 Å². The van der Waals surface area contributed by atoms with Crippen LogP contribution < -0.4 is 20.9 Å². The molecule has 4 nitrogen and oxygen atoms in total. The van der Waals surface area contributed by atoms with E-state index in [1.807, 2.05) is 0 Å². The zero-order chi connectivity index (χ0) is 14.8. The number of halogens is 3. The van der Waals surface area contributed by atoms with Crippen molar-refractivity contribution in [3.05, 3.63) is 23.8 Å². The number of nitrogens with two attached hydrogens (primary N) is 2. The molecule has 0 bridgehead atoms. The molecule has 7 heteroatoms. The summed E-state index contributed by atoms with van der Waals surface area (Å²) in [6, 6.07) is 3.79. The summed E-state index contributed by atoms with van der Waals surface area (Å²) in [7, 11) is 1.42. The van der Waals surface area contributed by atoms with Crippen molar-refractivity contribution < 1.29 is 22.6 Å². The highest BCUT2D eigenvalue weighted by atomic mass is 19.4. The molecule has 0 aliphatic rings. The van der Waals surface area contributed by atoms with Crippen LogP contribution in [0.4, 0.5) is 13.2 Å². The second kappa shape index (κ2) is 5.26. The molecule has 0 fully saturated rings. The van der Waals surface area contributed by atoms with Crippen molar-refractivity contribution in [1.82, 2.24) is 0 Å². The van der Waals surface area contributed by atoms with Crippen LogP contribution in [0.5, 0.6) is 11.5 Å². The van der Waals surface area contributed by atoms with Gasteiger partial charge < -0.3 is 20.9 Å². The predicted octanol–water partition coefficient (Wildman–Crippen LogP) is 2.33. The average Bonchev–Trinajstić information content (AvgIpc) is 2.24. The maximum atomic E-state index is 12.2. The van der Waals surface area contributed by atoms with Crippen molar-refractivity contribution in [2.45, 2.75) is 31.8 Å². The van der Waals surface area contributed by atoms with Gasteiger partial charge >= 0.3 is 6.36 Å². The number of ether oxygens (including phenoxy) is 2. The van der Waals surface area contributed by atoms with Crippen LogP contribution >= 0.6 is 0 Å². The van der Waals surface area contributed by atoms with Crippen LogP contribution in [0.25, 0.3) is 0 Å². The van der Waals surface area contributed by atoms with Gasteiger partial charge in [-0.2, -0.15) is 0 Å². The summed E-state index contributed by atoms with van der Waals surface area (Å²) in [6.45, 7) is 3.28. The summed E-state index contributed by atoms with van der Waals surface area (Å²) in [5, 5.41) is 0. The first kappa shape index (κ1) is 15.6. The van der Waals surface area contributed by atoms with E-state index in [4.69, 9.17) is 16.2 Å². The van der Waals surface area contributed by atoms with Crippen molar-refractivity contribution in [3.8, 4) is 11.5 Å². The van der Waals surface area contributed by atoms with Gasteiger partial charge in [0.25, 0.3) is 0 Å².